The molecule has 1 aromatic heterocycles. The maximum absolute atomic E-state index is 5.76. The molecule has 2 N–H and O–H groups in total. The van der Waals surface area contributed by atoms with Crippen LogP contribution in [0.25, 0.3) is 0 Å². The predicted octanol–water partition coefficient (Wildman–Crippen LogP) is 1.83. The normalized spacial score (nSPS) is 10.4. The van der Waals surface area contributed by atoms with Gasteiger partial charge < -0.3 is 10.5 Å². The minimum atomic E-state index is 0.674. The van der Waals surface area contributed by atoms with E-state index in [1.54, 1.807) is 13.3 Å². The number of hydrogen-bond donors (Lipinski definition) is 1. The van der Waals surface area contributed by atoms with Crippen molar-refractivity contribution in [1.82, 2.24) is 9.78 Å². The molecular formula is C12H15N3O. The van der Waals surface area contributed by atoms with Gasteiger partial charge >= 0.3 is 0 Å². The van der Waals surface area contributed by atoms with Crippen LogP contribution in [-0.2, 0) is 6.54 Å². The first-order valence-corrected chi connectivity index (χ1v) is 5.11. The summed E-state index contributed by atoms with van der Waals surface area (Å²) in [4.78, 5) is 0. The van der Waals surface area contributed by atoms with E-state index in [9.17, 15) is 0 Å². The van der Waals surface area contributed by atoms with Gasteiger partial charge in [0.2, 0.25) is 0 Å². The van der Waals surface area contributed by atoms with E-state index >= 15 is 0 Å². The van der Waals surface area contributed by atoms with Crippen molar-refractivity contribution >= 4 is 5.69 Å². The Hall–Kier alpha value is -1.97. The first kappa shape index (κ1) is 10.5. The first-order valence-electron chi connectivity index (χ1n) is 5.11. The number of nitrogen functional groups attached to an aromatic ring is 1. The summed E-state index contributed by atoms with van der Waals surface area (Å²) in [6, 6.07) is 7.60. The fraction of sp³-hybridized carbons (Fsp3) is 0.250. The lowest BCUT2D eigenvalue weighted by Crippen LogP contribution is -2.05. The summed E-state index contributed by atoms with van der Waals surface area (Å²) >= 11 is 0. The van der Waals surface area contributed by atoms with Gasteiger partial charge in [-0.15, -0.1) is 0 Å². The minimum absolute atomic E-state index is 0.674. The van der Waals surface area contributed by atoms with Crippen molar-refractivity contribution in [3.05, 3.63) is 41.7 Å². The van der Waals surface area contributed by atoms with E-state index in [0.717, 1.165) is 22.7 Å². The number of nitrogens with zero attached hydrogens (tertiary/aromatic N) is 2. The molecule has 4 nitrogen and oxygen atoms in total. The van der Waals surface area contributed by atoms with Gasteiger partial charge in [0.05, 0.1) is 13.7 Å². The van der Waals surface area contributed by atoms with E-state index in [0.29, 0.717) is 6.54 Å². The van der Waals surface area contributed by atoms with Crippen molar-refractivity contribution in [2.24, 2.45) is 0 Å². The molecule has 0 aliphatic carbocycles. The van der Waals surface area contributed by atoms with E-state index < -0.39 is 0 Å². The number of aryl methyl sites for hydroxylation is 1. The summed E-state index contributed by atoms with van der Waals surface area (Å²) in [6.07, 6.45) is 1.79. The van der Waals surface area contributed by atoms with Crippen LogP contribution in [0.2, 0.25) is 0 Å². The standard InChI is InChI=1S/C12H15N3O/c1-9-5-6-14-15(9)8-10-7-11(13)3-4-12(10)16-2/h3-7H,8,13H2,1-2H3. The monoisotopic (exact) mass is 217 g/mol. The highest BCUT2D eigenvalue weighted by Gasteiger charge is 2.05. The molecule has 0 atom stereocenters. The quantitative estimate of drug-likeness (QED) is 0.798. The molecule has 2 rings (SSSR count). The van der Waals surface area contributed by atoms with E-state index in [1.807, 2.05) is 35.9 Å². The fourth-order valence-electron chi connectivity index (χ4n) is 1.65. The molecule has 4 heteroatoms. The van der Waals surface area contributed by atoms with Crippen molar-refractivity contribution in [3.8, 4) is 5.75 Å². The number of methoxy groups -OCH3 is 1. The van der Waals surface area contributed by atoms with Crippen LogP contribution in [-0.4, -0.2) is 16.9 Å². The number of hydrogen-bond acceptors (Lipinski definition) is 3. The van der Waals surface area contributed by atoms with Crippen molar-refractivity contribution < 1.29 is 4.74 Å². The zero-order valence-corrected chi connectivity index (χ0v) is 9.47. The molecule has 0 aliphatic rings. The van der Waals surface area contributed by atoms with Crippen LogP contribution >= 0.6 is 0 Å². The number of nitrogens with two attached hydrogens (primary N) is 1. The summed E-state index contributed by atoms with van der Waals surface area (Å²) in [7, 11) is 1.66. The Morgan fingerprint density at radius 3 is 2.81 bits per heavy atom. The Morgan fingerprint density at radius 1 is 1.38 bits per heavy atom. The number of benzene rings is 1. The van der Waals surface area contributed by atoms with E-state index in [1.165, 1.54) is 0 Å². The minimum Gasteiger partial charge on any atom is -0.496 e. The van der Waals surface area contributed by atoms with Gasteiger partial charge in [0, 0.05) is 23.1 Å². The third kappa shape index (κ3) is 2.00. The molecule has 0 unspecified atom stereocenters. The number of rotatable bonds is 3. The molecule has 0 amide bonds. The lowest BCUT2D eigenvalue weighted by atomic mass is 10.2. The molecule has 84 valence electrons. The molecule has 0 saturated carbocycles. The highest BCUT2D eigenvalue weighted by atomic mass is 16.5. The molecule has 0 radical (unpaired) electrons. The Kier molecular flexibility index (Phi) is 2.81. The first-order chi connectivity index (χ1) is 7.70. The summed E-state index contributed by atoms with van der Waals surface area (Å²) < 4.78 is 7.21. The van der Waals surface area contributed by atoms with Crippen molar-refractivity contribution in [2.75, 3.05) is 12.8 Å². The Balaban J connectivity index is 2.33. The molecular weight excluding hydrogens is 202 g/mol. The van der Waals surface area contributed by atoms with Crippen LogP contribution in [0.3, 0.4) is 0 Å². The Morgan fingerprint density at radius 2 is 2.19 bits per heavy atom. The van der Waals surface area contributed by atoms with Gasteiger partial charge in [0.25, 0.3) is 0 Å². The van der Waals surface area contributed by atoms with Gasteiger partial charge in [-0.3, -0.25) is 4.68 Å². The molecule has 1 aromatic carbocycles. The number of ether oxygens (including phenoxy) is 1. The fourth-order valence-corrected chi connectivity index (χ4v) is 1.65. The third-order valence-corrected chi connectivity index (χ3v) is 2.55. The lowest BCUT2D eigenvalue weighted by molar-refractivity contribution is 0.407. The number of aromatic nitrogens is 2. The topological polar surface area (TPSA) is 53.1 Å². The van der Waals surface area contributed by atoms with Gasteiger partial charge in [-0.2, -0.15) is 5.10 Å². The van der Waals surface area contributed by atoms with Crippen molar-refractivity contribution in [2.45, 2.75) is 13.5 Å². The average molecular weight is 217 g/mol. The van der Waals surface area contributed by atoms with Crippen LogP contribution in [0, 0.1) is 6.92 Å². The average Bonchev–Trinajstić information content (AvgIpc) is 2.65. The maximum atomic E-state index is 5.76. The van der Waals surface area contributed by atoms with E-state index in [4.69, 9.17) is 10.5 Å². The highest BCUT2D eigenvalue weighted by molar-refractivity contribution is 5.47. The van der Waals surface area contributed by atoms with Crippen LogP contribution in [0.5, 0.6) is 5.75 Å². The van der Waals surface area contributed by atoms with Gasteiger partial charge in [0.1, 0.15) is 5.75 Å². The summed E-state index contributed by atoms with van der Waals surface area (Å²) in [5.74, 6) is 0.837. The molecule has 16 heavy (non-hydrogen) atoms. The van der Waals surface area contributed by atoms with Crippen LogP contribution < -0.4 is 10.5 Å². The lowest BCUT2D eigenvalue weighted by Gasteiger charge is -2.10. The molecule has 0 bridgehead atoms. The Labute approximate surface area is 94.6 Å². The van der Waals surface area contributed by atoms with Gasteiger partial charge in [-0.05, 0) is 31.2 Å². The van der Waals surface area contributed by atoms with Crippen LogP contribution in [0.1, 0.15) is 11.3 Å². The van der Waals surface area contributed by atoms with Gasteiger partial charge in [-0.1, -0.05) is 0 Å². The SMILES string of the molecule is COc1ccc(N)cc1Cn1nccc1C. The third-order valence-electron chi connectivity index (χ3n) is 2.55. The second-order valence-electron chi connectivity index (χ2n) is 3.70. The van der Waals surface area contributed by atoms with E-state index in [-0.39, 0.29) is 0 Å². The zero-order chi connectivity index (χ0) is 11.5. The predicted molar refractivity (Wildman–Crippen MR) is 63.5 cm³/mol. The van der Waals surface area contributed by atoms with Crippen LogP contribution in [0.15, 0.2) is 30.5 Å². The van der Waals surface area contributed by atoms with Crippen LogP contribution in [0.4, 0.5) is 5.69 Å². The van der Waals surface area contributed by atoms with E-state index in [2.05, 4.69) is 5.10 Å². The summed E-state index contributed by atoms with van der Waals surface area (Å²) in [6.45, 7) is 2.69. The van der Waals surface area contributed by atoms with Gasteiger partial charge in [0.15, 0.2) is 0 Å². The summed E-state index contributed by atoms with van der Waals surface area (Å²) in [5.41, 5.74) is 8.65. The molecule has 0 fully saturated rings. The highest BCUT2D eigenvalue weighted by Crippen LogP contribution is 2.22. The maximum Gasteiger partial charge on any atom is 0.124 e. The molecule has 0 spiro atoms. The molecule has 0 saturated heterocycles. The second kappa shape index (κ2) is 4.26. The van der Waals surface area contributed by atoms with Crippen molar-refractivity contribution in [1.29, 1.82) is 0 Å². The summed E-state index contributed by atoms with van der Waals surface area (Å²) in [5, 5.41) is 4.24. The second-order valence-corrected chi connectivity index (χ2v) is 3.70. The molecule has 2 aromatic rings. The zero-order valence-electron chi connectivity index (χ0n) is 9.47. The van der Waals surface area contributed by atoms with Crippen molar-refractivity contribution in [3.63, 3.8) is 0 Å². The molecule has 1 heterocycles. The largest absolute Gasteiger partial charge is 0.496 e. The Bertz CT molecular complexity index is 491. The molecule has 0 aliphatic heterocycles. The number of anilines is 1. The smallest absolute Gasteiger partial charge is 0.124 e. The van der Waals surface area contributed by atoms with Gasteiger partial charge in [-0.25, -0.2) is 0 Å².